The Morgan fingerprint density at radius 2 is 1.06 bits per heavy atom. The zero-order chi connectivity index (χ0) is 12.8. The van der Waals surface area contributed by atoms with E-state index >= 15 is 0 Å². The minimum atomic E-state index is -0.932. The molecule has 0 aromatic heterocycles. The Balaban J connectivity index is -0.000000218. The quantitative estimate of drug-likeness (QED) is 0.535. The molecule has 0 aliphatic carbocycles. The summed E-state index contributed by atoms with van der Waals surface area (Å²) in [5, 5.41) is 19.5. The van der Waals surface area contributed by atoms with Gasteiger partial charge in [-0.2, -0.15) is 0 Å². The summed E-state index contributed by atoms with van der Waals surface area (Å²) in [6.45, 7) is 4.07. The van der Waals surface area contributed by atoms with Crippen molar-refractivity contribution in [1.82, 2.24) is 0 Å². The summed E-state index contributed by atoms with van der Waals surface area (Å²) in [6.07, 6.45) is 6.07. The van der Waals surface area contributed by atoms with Gasteiger partial charge in [-0.1, -0.05) is 39.5 Å². The van der Waals surface area contributed by atoms with Crippen LogP contribution in [-0.4, -0.2) is 11.9 Å². The van der Waals surface area contributed by atoms with Gasteiger partial charge in [-0.3, -0.25) is 0 Å². The molecule has 0 aliphatic heterocycles. The molecule has 0 atom stereocenters. The summed E-state index contributed by atoms with van der Waals surface area (Å²) >= 11 is 0. The molecule has 0 aromatic carbocycles. The first-order chi connectivity index (χ1) is 7.54. The molecule has 17 heavy (non-hydrogen) atoms. The molecule has 104 valence electrons. The molecule has 0 aromatic rings. The molecule has 0 rings (SSSR count). The smallest absolute Gasteiger partial charge is 0.550 e. The van der Waals surface area contributed by atoms with E-state index in [9.17, 15) is 19.8 Å². The summed E-state index contributed by atoms with van der Waals surface area (Å²) in [5.41, 5.74) is 0. The van der Waals surface area contributed by atoms with E-state index in [1.807, 2.05) is 13.8 Å². The van der Waals surface area contributed by atoms with E-state index in [4.69, 9.17) is 0 Å². The second kappa shape index (κ2) is 18.0. The molecule has 0 unspecified atom stereocenters. The fraction of sp³-hybridized carbons (Fsp3) is 0.833. The molecule has 0 bridgehead atoms. The summed E-state index contributed by atoms with van der Waals surface area (Å²) in [5.74, 6) is -1.86. The monoisotopic (exact) mass is 425 g/mol. The number of hydrogen-bond donors (Lipinski definition) is 0. The van der Waals surface area contributed by atoms with Crippen LogP contribution >= 0.6 is 0 Å². The average molecular weight is 425 g/mol. The normalized spacial score (nSPS) is 8.59. The first-order valence-corrected chi connectivity index (χ1v) is 5.94. The Morgan fingerprint density at radius 3 is 1.24 bits per heavy atom. The molecule has 4 nitrogen and oxygen atoms in total. The topological polar surface area (TPSA) is 80.3 Å². The van der Waals surface area contributed by atoms with E-state index < -0.39 is 11.9 Å². The van der Waals surface area contributed by atoms with Crippen molar-refractivity contribution in [2.75, 3.05) is 0 Å². The average Bonchev–Trinajstić information content (AvgIpc) is 2.18. The number of hydrogen-bond acceptors (Lipinski definition) is 4. The molecule has 0 fully saturated rings. The van der Waals surface area contributed by atoms with Crippen LogP contribution in [0.3, 0.4) is 0 Å². The molecule has 0 radical (unpaired) electrons. The number of rotatable bonds is 8. The van der Waals surface area contributed by atoms with E-state index in [0.29, 0.717) is 0 Å². The Bertz CT molecular complexity index is 163. The third kappa shape index (κ3) is 31.3. The van der Waals surface area contributed by atoms with Gasteiger partial charge in [0.2, 0.25) is 0 Å². The Hall–Kier alpha value is -0.372. The number of aliphatic carboxylic acids is 2. The Kier molecular flexibility index (Phi) is 23.2. The van der Waals surface area contributed by atoms with Crippen molar-refractivity contribution < 1.29 is 40.9 Å². The molecule has 0 amide bonds. The zero-order valence-corrected chi connectivity index (χ0v) is 12.9. The van der Waals surface area contributed by atoms with E-state index in [0.717, 1.165) is 38.5 Å². The van der Waals surface area contributed by atoms with Crippen molar-refractivity contribution in [2.24, 2.45) is 0 Å². The van der Waals surface area contributed by atoms with Crippen molar-refractivity contribution in [3.63, 3.8) is 0 Å². The van der Waals surface area contributed by atoms with Crippen molar-refractivity contribution in [3.8, 4) is 0 Å². The van der Waals surface area contributed by atoms with Gasteiger partial charge >= 0.3 is 21.1 Å². The van der Waals surface area contributed by atoms with Crippen LogP contribution in [0.25, 0.3) is 0 Å². The second-order valence-corrected chi connectivity index (χ2v) is 3.66. The SMILES string of the molecule is CCCCCC(=O)[O-].CCCCCC(=O)[O-].[Pt+2]. The van der Waals surface area contributed by atoms with Gasteiger partial charge in [0.15, 0.2) is 0 Å². The maximum absolute atomic E-state index is 9.76. The van der Waals surface area contributed by atoms with Gasteiger partial charge in [-0.25, -0.2) is 0 Å². The van der Waals surface area contributed by atoms with Gasteiger partial charge in [0.25, 0.3) is 0 Å². The molecule has 0 saturated carbocycles. The molecule has 0 heterocycles. The van der Waals surface area contributed by atoms with E-state index in [1.165, 1.54) is 0 Å². The maximum atomic E-state index is 9.76. The van der Waals surface area contributed by atoms with Gasteiger partial charge in [-0.05, 0) is 25.7 Å². The van der Waals surface area contributed by atoms with E-state index in [-0.39, 0.29) is 33.9 Å². The zero-order valence-electron chi connectivity index (χ0n) is 10.6. The molecule has 0 N–H and O–H groups in total. The number of carboxylic acid groups (broad SMARTS) is 2. The van der Waals surface area contributed by atoms with E-state index in [1.54, 1.807) is 0 Å². The van der Waals surface area contributed by atoms with Gasteiger partial charge in [-0.15, -0.1) is 0 Å². The second-order valence-electron chi connectivity index (χ2n) is 3.66. The summed E-state index contributed by atoms with van der Waals surface area (Å²) in [4.78, 5) is 19.5. The number of carbonyl (C=O) groups is 2. The third-order valence-corrected chi connectivity index (χ3v) is 1.97. The number of unbranched alkanes of at least 4 members (excludes halogenated alkanes) is 4. The molecule has 0 saturated heterocycles. The first-order valence-electron chi connectivity index (χ1n) is 5.94. The van der Waals surface area contributed by atoms with Crippen LogP contribution in [0.4, 0.5) is 0 Å². The van der Waals surface area contributed by atoms with Crippen LogP contribution in [0.2, 0.25) is 0 Å². The summed E-state index contributed by atoms with van der Waals surface area (Å²) < 4.78 is 0. The van der Waals surface area contributed by atoms with Gasteiger partial charge in [0.1, 0.15) is 0 Å². The largest absolute Gasteiger partial charge is 2.00 e. The maximum Gasteiger partial charge on any atom is 2.00 e. The molecule has 5 heteroatoms. The van der Waals surface area contributed by atoms with Gasteiger partial charge in [0, 0.05) is 11.9 Å². The molecule has 0 spiro atoms. The van der Waals surface area contributed by atoms with Gasteiger partial charge < -0.3 is 19.8 Å². The van der Waals surface area contributed by atoms with Crippen LogP contribution < -0.4 is 10.2 Å². The Morgan fingerprint density at radius 1 is 0.765 bits per heavy atom. The standard InChI is InChI=1S/2C6H12O2.Pt/c2*1-2-3-4-5-6(7)8;/h2*2-5H2,1H3,(H,7,8);/q;;+2/p-2. The van der Waals surface area contributed by atoms with Crippen molar-refractivity contribution >= 4 is 11.9 Å². The van der Waals surface area contributed by atoms with Crippen molar-refractivity contribution in [2.45, 2.75) is 65.2 Å². The van der Waals surface area contributed by atoms with Crippen LogP contribution in [0.1, 0.15) is 65.2 Å². The van der Waals surface area contributed by atoms with Crippen molar-refractivity contribution in [3.05, 3.63) is 0 Å². The van der Waals surface area contributed by atoms with Crippen molar-refractivity contribution in [1.29, 1.82) is 0 Å². The summed E-state index contributed by atoms with van der Waals surface area (Å²) in [6, 6.07) is 0. The molecule has 0 aliphatic rings. The van der Waals surface area contributed by atoms with Gasteiger partial charge in [0.05, 0.1) is 0 Å². The van der Waals surface area contributed by atoms with E-state index in [2.05, 4.69) is 0 Å². The van der Waals surface area contributed by atoms with Crippen LogP contribution in [0.15, 0.2) is 0 Å². The van der Waals surface area contributed by atoms with Crippen LogP contribution in [0, 0.1) is 0 Å². The van der Waals surface area contributed by atoms with Crippen LogP contribution in [-0.2, 0) is 30.7 Å². The molecular weight excluding hydrogens is 403 g/mol. The third-order valence-electron chi connectivity index (χ3n) is 1.97. The fourth-order valence-corrected chi connectivity index (χ4v) is 1.04. The summed E-state index contributed by atoms with van der Waals surface area (Å²) in [7, 11) is 0. The van der Waals surface area contributed by atoms with Crippen LogP contribution in [0.5, 0.6) is 0 Å². The molecular formula is C12H22O4Pt. The fourth-order valence-electron chi connectivity index (χ4n) is 1.04. The first kappa shape index (κ1) is 21.9. The predicted molar refractivity (Wildman–Crippen MR) is 58.3 cm³/mol. The number of carboxylic acids is 2. The number of carbonyl (C=O) groups excluding carboxylic acids is 2. The minimum absolute atomic E-state index is 0. The Labute approximate surface area is 118 Å². The predicted octanol–water partition coefficient (Wildman–Crippen LogP) is 0.631. The minimum Gasteiger partial charge on any atom is -0.550 e.